The van der Waals surface area contributed by atoms with Gasteiger partial charge in [-0.1, -0.05) is 36.7 Å². The van der Waals surface area contributed by atoms with E-state index < -0.39 is 0 Å². The molecule has 0 aliphatic heterocycles. The summed E-state index contributed by atoms with van der Waals surface area (Å²) in [5.74, 6) is 1.45. The van der Waals surface area contributed by atoms with Crippen LogP contribution in [0.2, 0.25) is 0 Å². The van der Waals surface area contributed by atoms with Gasteiger partial charge in [-0.15, -0.1) is 0 Å². The van der Waals surface area contributed by atoms with Crippen LogP contribution in [-0.4, -0.2) is 18.5 Å². The van der Waals surface area contributed by atoms with E-state index in [4.69, 9.17) is 4.74 Å². The summed E-state index contributed by atoms with van der Waals surface area (Å²) in [4.78, 5) is 0. The standard InChI is InChI=1S/C10H21BrO/c1-9(2)5-4-6-12-8-10(3)7-11/h9-10H,4-8H2,1-3H3. The molecule has 0 bridgehead atoms. The molecule has 0 radical (unpaired) electrons. The van der Waals surface area contributed by atoms with Gasteiger partial charge in [-0.2, -0.15) is 0 Å². The summed E-state index contributed by atoms with van der Waals surface area (Å²) < 4.78 is 5.51. The molecule has 0 N–H and O–H groups in total. The molecule has 0 saturated heterocycles. The van der Waals surface area contributed by atoms with Crippen molar-refractivity contribution in [3.8, 4) is 0 Å². The van der Waals surface area contributed by atoms with Gasteiger partial charge in [0.25, 0.3) is 0 Å². The number of rotatable bonds is 7. The second kappa shape index (κ2) is 8.06. The minimum Gasteiger partial charge on any atom is -0.381 e. The third-order valence-electron chi connectivity index (χ3n) is 1.74. The Kier molecular flexibility index (Phi) is 8.35. The molecule has 0 spiro atoms. The van der Waals surface area contributed by atoms with Gasteiger partial charge < -0.3 is 4.74 Å². The van der Waals surface area contributed by atoms with Gasteiger partial charge in [0, 0.05) is 18.5 Å². The van der Waals surface area contributed by atoms with Crippen molar-refractivity contribution in [3.63, 3.8) is 0 Å². The Labute approximate surface area is 85.0 Å². The van der Waals surface area contributed by atoms with Crippen LogP contribution in [-0.2, 0) is 4.74 Å². The van der Waals surface area contributed by atoms with Crippen LogP contribution in [0.4, 0.5) is 0 Å². The molecule has 2 heteroatoms. The Hall–Kier alpha value is 0.440. The lowest BCUT2D eigenvalue weighted by atomic mass is 10.1. The van der Waals surface area contributed by atoms with Crippen LogP contribution in [0, 0.1) is 11.8 Å². The highest BCUT2D eigenvalue weighted by atomic mass is 79.9. The molecule has 1 unspecified atom stereocenters. The first-order valence-electron chi connectivity index (χ1n) is 4.80. The van der Waals surface area contributed by atoms with Gasteiger partial charge in [-0.3, -0.25) is 0 Å². The number of ether oxygens (including phenoxy) is 1. The first kappa shape index (κ1) is 12.4. The van der Waals surface area contributed by atoms with Crippen LogP contribution in [0.25, 0.3) is 0 Å². The predicted octanol–water partition coefficient (Wildman–Crippen LogP) is 3.47. The zero-order valence-corrected chi connectivity index (χ0v) is 10.1. The van der Waals surface area contributed by atoms with E-state index in [2.05, 4.69) is 36.7 Å². The second-order valence-electron chi connectivity index (χ2n) is 3.87. The quantitative estimate of drug-likeness (QED) is 0.486. The fourth-order valence-corrected chi connectivity index (χ4v) is 1.11. The van der Waals surface area contributed by atoms with Crippen molar-refractivity contribution >= 4 is 15.9 Å². The first-order chi connectivity index (χ1) is 5.66. The molecule has 0 saturated carbocycles. The van der Waals surface area contributed by atoms with E-state index in [0.29, 0.717) is 5.92 Å². The molecule has 0 aliphatic carbocycles. The van der Waals surface area contributed by atoms with Gasteiger partial charge in [0.2, 0.25) is 0 Å². The van der Waals surface area contributed by atoms with E-state index in [0.717, 1.165) is 24.5 Å². The van der Waals surface area contributed by atoms with Gasteiger partial charge in [0.15, 0.2) is 0 Å². The molecule has 0 fully saturated rings. The predicted molar refractivity (Wildman–Crippen MR) is 57.8 cm³/mol. The molecule has 0 aromatic heterocycles. The van der Waals surface area contributed by atoms with Crippen molar-refractivity contribution in [2.75, 3.05) is 18.5 Å². The van der Waals surface area contributed by atoms with Crippen molar-refractivity contribution in [3.05, 3.63) is 0 Å². The molecule has 1 atom stereocenters. The Morgan fingerprint density at radius 3 is 2.42 bits per heavy atom. The minimum absolute atomic E-state index is 0.643. The molecular weight excluding hydrogens is 216 g/mol. The fraction of sp³-hybridized carbons (Fsp3) is 1.00. The number of hydrogen-bond donors (Lipinski definition) is 0. The van der Waals surface area contributed by atoms with E-state index in [-0.39, 0.29) is 0 Å². The third-order valence-corrected chi connectivity index (χ3v) is 2.84. The number of alkyl halides is 1. The van der Waals surface area contributed by atoms with E-state index in [1.54, 1.807) is 0 Å². The van der Waals surface area contributed by atoms with Crippen molar-refractivity contribution in [2.45, 2.75) is 33.6 Å². The average Bonchev–Trinajstić information content (AvgIpc) is 2.03. The molecular formula is C10H21BrO. The van der Waals surface area contributed by atoms with E-state index in [1.165, 1.54) is 12.8 Å². The summed E-state index contributed by atoms with van der Waals surface area (Å²) in [7, 11) is 0. The summed E-state index contributed by atoms with van der Waals surface area (Å²) >= 11 is 3.43. The van der Waals surface area contributed by atoms with Crippen LogP contribution < -0.4 is 0 Å². The molecule has 0 heterocycles. The Balaban J connectivity index is 3.00. The van der Waals surface area contributed by atoms with Crippen LogP contribution in [0.1, 0.15) is 33.6 Å². The van der Waals surface area contributed by atoms with Crippen LogP contribution in [0.15, 0.2) is 0 Å². The molecule has 1 nitrogen and oxygen atoms in total. The zero-order valence-electron chi connectivity index (χ0n) is 8.48. The molecule has 0 aliphatic rings. The van der Waals surface area contributed by atoms with E-state index in [1.807, 2.05) is 0 Å². The lowest BCUT2D eigenvalue weighted by molar-refractivity contribution is 0.106. The van der Waals surface area contributed by atoms with Gasteiger partial charge in [0.1, 0.15) is 0 Å². The topological polar surface area (TPSA) is 9.23 Å². The van der Waals surface area contributed by atoms with E-state index in [9.17, 15) is 0 Å². The lowest BCUT2D eigenvalue weighted by Crippen LogP contribution is -2.08. The average molecular weight is 237 g/mol. The minimum atomic E-state index is 0.643. The first-order valence-corrected chi connectivity index (χ1v) is 5.92. The maximum absolute atomic E-state index is 5.51. The Morgan fingerprint density at radius 2 is 1.92 bits per heavy atom. The van der Waals surface area contributed by atoms with Gasteiger partial charge in [-0.25, -0.2) is 0 Å². The lowest BCUT2D eigenvalue weighted by Gasteiger charge is -2.09. The van der Waals surface area contributed by atoms with Crippen LogP contribution in [0.3, 0.4) is 0 Å². The largest absolute Gasteiger partial charge is 0.381 e. The summed E-state index contributed by atoms with van der Waals surface area (Å²) in [6, 6.07) is 0. The SMILES string of the molecule is CC(C)CCCOCC(C)CBr. The highest BCUT2D eigenvalue weighted by Gasteiger charge is 1.99. The number of halogens is 1. The zero-order chi connectivity index (χ0) is 9.40. The smallest absolute Gasteiger partial charge is 0.0499 e. The second-order valence-corrected chi connectivity index (χ2v) is 4.52. The van der Waals surface area contributed by atoms with Crippen molar-refractivity contribution in [1.82, 2.24) is 0 Å². The van der Waals surface area contributed by atoms with Crippen LogP contribution in [0.5, 0.6) is 0 Å². The Morgan fingerprint density at radius 1 is 1.25 bits per heavy atom. The summed E-state index contributed by atoms with van der Waals surface area (Å²) in [6.45, 7) is 8.51. The maximum atomic E-state index is 5.51. The summed E-state index contributed by atoms with van der Waals surface area (Å²) in [5.41, 5.74) is 0. The molecule has 0 amide bonds. The van der Waals surface area contributed by atoms with Crippen LogP contribution >= 0.6 is 15.9 Å². The van der Waals surface area contributed by atoms with Gasteiger partial charge in [-0.05, 0) is 24.7 Å². The Bertz CT molecular complexity index is 93.8. The van der Waals surface area contributed by atoms with Gasteiger partial charge >= 0.3 is 0 Å². The highest BCUT2D eigenvalue weighted by molar-refractivity contribution is 9.09. The van der Waals surface area contributed by atoms with Crippen molar-refractivity contribution in [1.29, 1.82) is 0 Å². The van der Waals surface area contributed by atoms with Crippen molar-refractivity contribution < 1.29 is 4.74 Å². The van der Waals surface area contributed by atoms with Crippen molar-refractivity contribution in [2.24, 2.45) is 11.8 Å². The fourth-order valence-electron chi connectivity index (χ4n) is 0.923. The molecule has 0 aromatic carbocycles. The summed E-state index contributed by atoms with van der Waals surface area (Å²) in [5, 5.41) is 1.04. The molecule has 12 heavy (non-hydrogen) atoms. The normalized spacial score (nSPS) is 13.8. The highest BCUT2D eigenvalue weighted by Crippen LogP contribution is 2.05. The van der Waals surface area contributed by atoms with Gasteiger partial charge in [0.05, 0.1) is 0 Å². The molecule has 74 valence electrons. The molecule has 0 aromatic rings. The van der Waals surface area contributed by atoms with E-state index >= 15 is 0 Å². The molecule has 0 rings (SSSR count). The maximum Gasteiger partial charge on any atom is 0.0499 e. The third kappa shape index (κ3) is 8.54. The summed E-state index contributed by atoms with van der Waals surface area (Å²) in [6.07, 6.45) is 2.48. The number of hydrogen-bond acceptors (Lipinski definition) is 1. The monoisotopic (exact) mass is 236 g/mol.